The van der Waals surface area contributed by atoms with Crippen LogP contribution in [0.5, 0.6) is 0 Å². The van der Waals surface area contributed by atoms with Gasteiger partial charge in [-0.25, -0.2) is 4.39 Å². The Morgan fingerprint density at radius 1 is 1.47 bits per heavy atom. The quantitative estimate of drug-likeness (QED) is 0.852. The van der Waals surface area contributed by atoms with Crippen LogP contribution in [0.4, 0.5) is 4.39 Å². The summed E-state index contributed by atoms with van der Waals surface area (Å²) in [5.41, 5.74) is 1.04. The number of pyridine rings is 1. The van der Waals surface area contributed by atoms with E-state index in [1.54, 1.807) is 6.07 Å². The van der Waals surface area contributed by atoms with Gasteiger partial charge in [0.1, 0.15) is 5.82 Å². The summed E-state index contributed by atoms with van der Waals surface area (Å²) in [6.07, 6.45) is 1.29. The summed E-state index contributed by atoms with van der Waals surface area (Å²) < 4.78 is 12.9. The Morgan fingerprint density at radius 3 is 2.82 bits per heavy atom. The number of nitrogens with zero attached hydrogens (tertiary/aromatic N) is 2. The normalized spacial score (nSPS) is 22.4. The Kier molecular flexibility index (Phi) is 3.45. The van der Waals surface area contributed by atoms with E-state index in [1.807, 2.05) is 0 Å². The van der Waals surface area contributed by atoms with Crippen molar-refractivity contribution < 1.29 is 4.39 Å². The number of aromatic nitrogens is 1. The average molecular weight is 237 g/mol. The van der Waals surface area contributed by atoms with Crippen molar-refractivity contribution in [1.82, 2.24) is 15.2 Å². The molecule has 0 bridgehead atoms. The molecule has 0 aliphatic carbocycles. The van der Waals surface area contributed by atoms with Gasteiger partial charge >= 0.3 is 0 Å². The molecule has 0 aromatic carbocycles. The third-order valence-electron chi connectivity index (χ3n) is 3.51. The Hall–Kier alpha value is -1.00. The lowest BCUT2D eigenvalue weighted by Gasteiger charge is -2.46. The van der Waals surface area contributed by atoms with E-state index in [0.717, 1.165) is 25.3 Å². The van der Waals surface area contributed by atoms with Crippen LogP contribution in [0.2, 0.25) is 0 Å². The third-order valence-corrected chi connectivity index (χ3v) is 3.51. The van der Waals surface area contributed by atoms with E-state index in [2.05, 4.69) is 36.0 Å². The van der Waals surface area contributed by atoms with Gasteiger partial charge in [0, 0.05) is 31.2 Å². The minimum absolute atomic E-state index is 0.105. The van der Waals surface area contributed by atoms with E-state index in [1.165, 1.54) is 12.3 Å². The summed E-state index contributed by atoms with van der Waals surface area (Å²) in [5, 5.41) is 3.40. The number of piperazine rings is 1. The molecule has 2 heterocycles. The summed E-state index contributed by atoms with van der Waals surface area (Å²) in [5.74, 6) is -0.277. The highest BCUT2D eigenvalue weighted by molar-refractivity contribution is 5.11. The van der Waals surface area contributed by atoms with Crippen molar-refractivity contribution in [3.8, 4) is 0 Å². The molecule has 17 heavy (non-hydrogen) atoms. The lowest BCUT2D eigenvalue weighted by atomic mass is 9.96. The van der Waals surface area contributed by atoms with Crippen molar-refractivity contribution in [2.24, 2.45) is 0 Å². The summed E-state index contributed by atoms with van der Waals surface area (Å²) in [7, 11) is 0. The molecule has 3 nitrogen and oxygen atoms in total. The molecule has 1 aromatic rings. The highest BCUT2D eigenvalue weighted by Gasteiger charge is 2.33. The first-order chi connectivity index (χ1) is 8.00. The van der Waals surface area contributed by atoms with E-state index in [4.69, 9.17) is 0 Å². The number of hydrogen-bond donors (Lipinski definition) is 1. The van der Waals surface area contributed by atoms with Crippen molar-refractivity contribution in [2.75, 3.05) is 19.6 Å². The molecule has 1 aromatic heterocycles. The van der Waals surface area contributed by atoms with E-state index in [0.29, 0.717) is 0 Å². The molecule has 2 rings (SSSR count). The predicted molar refractivity (Wildman–Crippen MR) is 66.3 cm³/mol. The molecular weight excluding hydrogens is 217 g/mol. The van der Waals surface area contributed by atoms with Gasteiger partial charge in [-0.3, -0.25) is 9.88 Å². The molecule has 0 radical (unpaired) electrons. The molecule has 0 spiro atoms. The van der Waals surface area contributed by atoms with Crippen LogP contribution in [0.25, 0.3) is 0 Å². The van der Waals surface area contributed by atoms with E-state index in [9.17, 15) is 4.39 Å². The fourth-order valence-corrected chi connectivity index (χ4v) is 2.51. The standard InChI is InChI=1S/C13H20FN3/c1-10(12-5-4-11(14)8-16-12)17-7-6-15-9-13(17,2)3/h4-5,8,10,15H,6-7,9H2,1-3H3. The van der Waals surface area contributed by atoms with Crippen LogP contribution >= 0.6 is 0 Å². The first-order valence-electron chi connectivity index (χ1n) is 6.09. The minimum atomic E-state index is -0.277. The predicted octanol–water partition coefficient (Wildman–Crippen LogP) is 1.97. The van der Waals surface area contributed by atoms with Crippen LogP contribution in [-0.2, 0) is 0 Å². The van der Waals surface area contributed by atoms with E-state index >= 15 is 0 Å². The molecule has 1 N–H and O–H groups in total. The Morgan fingerprint density at radius 2 is 2.24 bits per heavy atom. The van der Waals surface area contributed by atoms with Crippen molar-refractivity contribution in [2.45, 2.75) is 32.4 Å². The van der Waals surface area contributed by atoms with Crippen molar-refractivity contribution in [3.05, 3.63) is 29.8 Å². The summed E-state index contributed by atoms with van der Waals surface area (Å²) in [6.45, 7) is 9.53. The fourth-order valence-electron chi connectivity index (χ4n) is 2.51. The van der Waals surface area contributed by atoms with Gasteiger partial charge in [0.25, 0.3) is 0 Å². The molecule has 1 aliphatic rings. The molecule has 1 fully saturated rings. The molecule has 0 amide bonds. The van der Waals surface area contributed by atoms with Gasteiger partial charge in [-0.05, 0) is 32.9 Å². The van der Waals surface area contributed by atoms with Crippen molar-refractivity contribution in [3.63, 3.8) is 0 Å². The smallest absolute Gasteiger partial charge is 0.141 e. The number of nitrogens with one attached hydrogen (secondary N) is 1. The number of hydrogen-bond acceptors (Lipinski definition) is 3. The van der Waals surface area contributed by atoms with Gasteiger partial charge in [-0.2, -0.15) is 0 Å². The molecule has 1 unspecified atom stereocenters. The molecule has 1 atom stereocenters. The Balaban J connectivity index is 2.18. The second-order valence-corrected chi connectivity index (χ2v) is 5.26. The largest absolute Gasteiger partial charge is 0.314 e. The molecule has 0 saturated carbocycles. The summed E-state index contributed by atoms with van der Waals surface area (Å²) in [4.78, 5) is 6.60. The lowest BCUT2D eigenvalue weighted by Crippen LogP contribution is -2.58. The van der Waals surface area contributed by atoms with E-state index in [-0.39, 0.29) is 17.4 Å². The number of halogens is 1. The van der Waals surface area contributed by atoms with Gasteiger partial charge in [0.05, 0.1) is 11.9 Å². The highest BCUT2D eigenvalue weighted by atomic mass is 19.1. The van der Waals surface area contributed by atoms with Gasteiger partial charge in [0.2, 0.25) is 0 Å². The third kappa shape index (κ3) is 2.64. The minimum Gasteiger partial charge on any atom is -0.314 e. The van der Waals surface area contributed by atoms with Crippen LogP contribution in [0.3, 0.4) is 0 Å². The highest BCUT2D eigenvalue weighted by Crippen LogP contribution is 2.27. The maximum Gasteiger partial charge on any atom is 0.141 e. The molecule has 4 heteroatoms. The molecule has 1 saturated heterocycles. The topological polar surface area (TPSA) is 28.2 Å². The zero-order valence-electron chi connectivity index (χ0n) is 10.7. The first-order valence-corrected chi connectivity index (χ1v) is 6.09. The maximum atomic E-state index is 12.9. The fraction of sp³-hybridized carbons (Fsp3) is 0.615. The van der Waals surface area contributed by atoms with Gasteiger partial charge in [0.15, 0.2) is 0 Å². The SMILES string of the molecule is CC(c1ccc(F)cn1)N1CCNCC1(C)C. The van der Waals surface area contributed by atoms with Crippen LogP contribution in [0, 0.1) is 5.82 Å². The van der Waals surface area contributed by atoms with Crippen LogP contribution in [0.15, 0.2) is 18.3 Å². The van der Waals surface area contributed by atoms with E-state index < -0.39 is 0 Å². The maximum absolute atomic E-state index is 12.9. The second-order valence-electron chi connectivity index (χ2n) is 5.26. The van der Waals surface area contributed by atoms with Gasteiger partial charge < -0.3 is 5.32 Å². The lowest BCUT2D eigenvalue weighted by molar-refractivity contribution is 0.0499. The second kappa shape index (κ2) is 4.70. The van der Waals surface area contributed by atoms with Crippen molar-refractivity contribution >= 4 is 0 Å². The summed E-state index contributed by atoms with van der Waals surface area (Å²) in [6, 6.07) is 3.47. The Labute approximate surface area is 102 Å². The first kappa shape index (κ1) is 12.5. The van der Waals surface area contributed by atoms with Crippen LogP contribution < -0.4 is 5.32 Å². The Bertz CT molecular complexity index is 375. The number of rotatable bonds is 2. The zero-order valence-corrected chi connectivity index (χ0v) is 10.7. The van der Waals surface area contributed by atoms with Crippen LogP contribution in [-0.4, -0.2) is 35.1 Å². The van der Waals surface area contributed by atoms with Crippen LogP contribution in [0.1, 0.15) is 32.5 Å². The summed E-state index contributed by atoms with van der Waals surface area (Å²) >= 11 is 0. The zero-order chi connectivity index (χ0) is 12.5. The molecule has 94 valence electrons. The monoisotopic (exact) mass is 237 g/mol. The average Bonchev–Trinajstić information content (AvgIpc) is 2.28. The van der Waals surface area contributed by atoms with Gasteiger partial charge in [-0.15, -0.1) is 0 Å². The van der Waals surface area contributed by atoms with Crippen molar-refractivity contribution in [1.29, 1.82) is 0 Å². The van der Waals surface area contributed by atoms with Gasteiger partial charge in [-0.1, -0.05) is 0 Å². The molecule has 1 aliphatic heterocycles. The molecular formula is C13H20FN3.